The molecule has 0 aliphatic carbocycles. The highest BCUT2D eigenvalue weighted by Crippen LogP contribution is 2.24. The number of nitrogens with one attached hydrogen (secondary N) is 2. The maximum absolute atomic E-state index is 4.71. The number of rotatable bonds is 6. The molecule has 0 spiro atoms. The molecular formula is C24H23N5. The predicted molar refractivity (Wildman–Crippen MR) is 118 cm³/mol. The third kappa shape index (κ3) is 4.76. The maximum atomic E-state index is 4.71. The van der Waals surface area contributed by atoms with Crippen LogP contribution in [0.2, 0.25) is 0 Å². The second-order valence-electron chi connectivity index (χ2n) is 6.96. The van der Waals surface area contributed by atoms with E-state index in [0.717, 1.165) is 28.3 Å². The summed E-state index contributed by atoms with van der Waals surface area (Å²) in [5, 5.41) is 6.75. The Balaban J connectivity index is 1.64. The van der Waals surface area contributed by atoms with Crippen LogP contribution in [-0.2, 0) is 6.54 Å². The summed E-state index contributed by atoms with van der Waals surface area (Å²) in [4.78, 5) is 13.4. The molecule has 2 N–H and O–H groups in total. The van der Waals surface area contributed by atoms with Crippen LogP contribution < -0.4 is 10.6 Å². The van der Waals surface area contributed by atoms with Crippen molar-refractivity contribution in [2.24, 2.45) is 0 Å². The van der Waals surface area contributed by atoms with Crippen molar-refractivity contribution in [3.63, 3.8) is 0 Å². The van der Waals surface area contributed by atoms with E-state index in [4.69, 9.17) is 4.98 Å². The van der Waals surface area contributed by atoms with Gasteiger partial charge in [-0.2, -0.15) is 4.98 Å². The van der Waals surface area contributed by atoms with Crippen molar-refractivity contribution in [3.8, 4) is 11.3 Å². The molecule has 144 valence electrons. The van der Waals surface area contributed by atoms with Crippen LogP contribution in [0, 0.1) is 13.8 Å². The highest BCUT2D eigenvalue weighted by atomic mass is 15.1. The van der Waals surface area contributed by atoms with Gasteiger partial charge in [0.05, 0.1) is 5.69 Å². The minimum Gasteiger partial charge on any atom is -0.350 e. The van der Waals surface area contributed by atoms with Crippen molar-refractivity contribution in [1.29, 1.82) is 0 Å². The van der Waals surface area contributed by atoms with Gasteiger partial charge < -0.3 is 10.6 Å². The third-order valence-electron chi connectivity index (χ3n) is 4.77. The van der Waals surface area contributed by atoms with Gasteiger partial charge in [0.25, 0.3) is 0 Å². The SMILES string of the molecule is Cc1ccc(Nc2cc(-c3ccccc3)nc(NCc3ccncc3)n2)cc1C. The molecule has 5 nitrogen and oxygen atoms in total. The Morgan fingerprint density at radius 1 is 0.793 bits per heavy atom. The van der Waals surface area contributed by atoms with Crippen molar-refractivity contribution >= 4 is 17.5 Å². The average molecular weight is 381 g/mol. The molecule has 0 aliphatic rings. The molecule has 0 saturated heterocycles. The summed E-state index contributed by atoms with van der Waals surface area (Å²) in [6.45, 7) is 4.85. The topological polar surface area (TPSA) is 62.7 Å². The normalized spacial score (nSPS) is 10.6. The molecule has 4 rings (SSSR count). The fraction of sp³-hybridized carbons (Fsp3) is 0.125. The molecule has 0 fully saturated rings. The zero-order valence-electron chi connectivity index (χ0n) is 16.6. The monoisotopic (exact) mass is 381 g/mol. The Hall–Kier alpha value is -3.73. The van der Waals surface area contributed by atoms with Gasteiger partial charge in [0.1, 0.15) is 5.82 Å². The molecule has 4 aromatic rings. The molecule has 0 bridgehead atoms. The van der Waals surface area contributed by atoms with Gasteiger partial charge >= 0.3 is 0 Å². The van der Waals surface area contributed by atoms with Crippen LogP contribution in [0.15, 0.2) is 79.1 Å². The first-order chi connectivity index (χ1) is 14.2. The Kier molecular flexibility index (Phi) is 5.47. The number of aryl methyl sites for hydroxylation is 2. The quantitative estimate of drug-likeness (QED) is 0.461. The molecule has 0 atom stereocenters. The smallest absolute Gasteiger partial charge is 0.225 e. The van der Waals surface area contributed by atoms with E-state index >= 15 is 0 Å². The van der Waals surface area contributed by atoms with E-state index in [9.17, 15) is 0 Å². The van der Waals surface area contributed by atoms with E-state index in [0.29, 0.717) is 12.5 Å². The van der Waals surface area contributed by atoms with Gasteiger partial charge in [0.15, 0.2) is 0 Å². The molecule has 0 aliphatic heterocycles. The Morgan fingerprint density at radius 3 is 2.34 bits per heavy atom. The predicted octanol–water partition coefficient (Wildman–Crippen LogP) is 5.51. The minimum absolute atomic E-state index is 0.578. The molecule has 0 saturated carbocycles. The molecule has 2 aromatic carbocycles. The summed E-state index contributed by atoms with van der Waals surface area (Å²) in [6, 6.07) is 22.4. The number of nitrogens with zero attached hydrogens (tertiary/aromatic N) is 3. The average Bonchev–Trinajstić information content (AvgIpc) is 2.76. The number of aromatic nitrogens is 3. The molecule has 2 aromatic heterocycles. The van der Waals surface area contributed by atoms with Gasteiger partial charge in [-0.05, 0) is 54.8 Å². The van der Waals surface area contributed by atoms with Gasteiger partial charge in [0, 0.05) is 36.3 Å². The molecule has 0 unspecified atom stereocenters. The second-order valence-corrected chi connectivity index (χ2v) is 6.96. The van der Waals surface area contributed by atoms with Crippen molar-refractivity contribution < 1.29 is 0 Å². The lowest BCUT2D eigenvalue weighted by Gasteiger charge is -2.12. The molecule has 5 heteroatoms. The zero-order valence-corrected chi connectivity index (χ0v) is 16.6. The fourth-order valence-electron chi connectivity index (χ4n) is 3.00. The van der Waals surface area contributed by atoms with Crippen LogP contribution >= 0.6 is 0 Å². The molecule has 29 heavy (non-hydrogen) atoms. The highest BCUT2D eigenvalue weighted by molar-refractivity contribution is 5.67. The Bertz CT molecular complexity index is 1090. The molecule has 0 radical (unpaired) electrons. The summed E-state index contributed by atoms with van der Waals surface area (Å²) < 4.78 is 0. The number of hydrogen-bond acceptors (Lipinski definition) is 5. The highest BCUT2D eigenvalue weighted by Gasteiger charge is 2.08. The molecule has 2 heterocycles. The number of hydrogen-bond donors (Lipinski definition) is 2. The number of pyridine rings is 1. The van der Waals surface area contributed by atoms with E-state index in [1.165, 1.54) is 11.1 Å². The van der Waals surface area contributed by atoms with E-state index in [2.05, 4.69) is 64.8 Å². The van der Waals surface area contributed by atoms with E-state index < -0.39 is 0 Å². The van der Waals surface area contributed by atoms with Crippen molar-refractivity contribution in [1.82, 2.24) is 15.0 Å². The second kappa shape index (κ2) is 8.52. The Morgan fingerprint density at radius 2 is 1.59 bits per heavy atom. The van der Waals surface area contributed by atoms with Crippen LogP contribution in [-0.4, -0.2) is 15.0 Å². The van der Waals surface area contributed by atoms with Gasteiger partial charge in [-0.15, -0.1) is 0 Å². The third-order valence-corrected chi connectivity index (χ3v) is 4.77. The number of anilines is 3. The van der Waals surface area contributed by atoms with Crippen LogP contribution in [0.1, 0.15) is 16.7 Å². The van der Waals surface area contributed by atoms with E-state index in [1.54, 1.807) is 12.4 Å². The van der Waals surface area contributed by atoms with Gasteiger partial charge in [-0.25, -0.2) is 4.98 Å². The van der Waals surface area contributed by atoms with Crippen LogP contribution in [0.4, 0.5) is 17.5 Å². The first kappa shape index (κ1) is 18.6. The fourth-order valence-corrected chi connectivity index (χ4v) is 3.00. The lowest BCUT2D eigenvalue weighted by molar-refractivity contribution is 1.05. The largest absolute Gasteiger partial charge is 0.350 e. The summed E-state index contributed by atoms with van der Waals surface area (Å²) >= 11 is 0. The maximum Gasteiger partial charge on any atom is 0.225 e. The van der Waals surface area contributed by atoms with Gasteiger partial charge in [-0.3, -0.25) is 4.98 Å². The molecule has 0 amide bonds. The lowest BCUT2D eigenvalue weighted by Crippen LogP contribution is -2.06. The zero-order chi connectivity index (χ0) is 20.1. The van der Waals surface area contributed by atoms with Crippen LogP contribution in [0.25, 0.3) is 11.3 Å². The first-order valence-electron chi connectivity index (χ1n) is 9.59. The van der Waals surface area contributed by atoms with Gasteiger partial charge in [0.2, 0.25) is 5.95 Å². The summed E-state index contributed by atoms with van der Waals surface area (Å²) in [7, 11) is 0. The Labute approximate surface area is 170 Å². The van der Waals surface area contributed by atoms with Crippen LogP contribution in [0.5, 0.6) is 0 Å². The van der Waals surface area contributed by atoms with Gasteiger partial charge in [-0.1, -0.05) is 36.4 Å². The van der Waals surface area contributed by atoms with Crippen molar-refractivity contribution in [3.05, 3.63) is 95.8 Å². The first-order valence-corrected chi connectivity index (χ1v) is 9.59. The van der Waals surface area contributed by atoms with E-state index in [1.807, 2.05) is 36.4 Å². The number of benzene rings is 2. The molecular weight excluding hydrogens is 358 g/mol. The van der Waals surface area contributed by atoms with Crippen LogP contribution in [0.3, 0.4) is 0 Å². The minimum atomic E-state index is 0.578. The summed E-state index contributed by atoms with van der Waals surface area (Å²) in [5.74, 6) is 1.33. The summed E-state index contributed by atoms with van der Waals surface area (Å²) in [5.41, 5.74) is 6.55. The lowest BCUT2D eigenvalue weighted by atomic mass is 10.1. The van der Waals surface area contributed by atoms with Crippen molar-refractivity contribution in [2.75, 3.05) is 10.6 Å². The van der Waals surface area contributed by atoms with E-state index in [-0.39, 0.29) is 0 Å². The van der Waals surface area contributed by atoms with Crippen molar-refractivity contribution in [2.45, 2.75) is 20.4 Å². The standard InChI is InChI=1S/C24H23N5/c1-17-8-9-21(14-18(17)2)27-23-15-22(20-6-4-3-5-7-20)28-24(29-23)26-16-19-10-12-25-13-11-19/h3-15H,16H2,1-2H3,(H2,26,27,28,29). The summed E-state index contributed by atoms with van der Waals surface area (Å²) in [6.07, 6.45) is 3.57.